The molecule has 0 bridgehead atoms. The minimum Gasteiger partial charge on any atom is -0.481 e. The number of hydrogen-bond acceptors (Lipinski definition) is 4. The number of aromatic nitrogens is 1. The van der Waals surface area contributed by atoms with Crippen molar-refractivity contribution in [3.63, 3.8) is 0 Å². The Morgan fingerprint density at radius 3 is 2.62 bits per heavy atom. The van der Waals surface area contributed by atoms with Crippen LogP contribution in [0.4, 0.5) is 10.1 Å². The summed E-state index contributed by atoms with van der Waals surface area (Å²) in [6.45, 7) is 5.50. The fraction of sp³-hybridized carbons (Fsp3) is 0.353. The van der Waals surface area contributed by atoms with Crippen LogP contribution in [0.25, 0.3) is 0 Å². The van der Waals surface area contributed by atoms with Crippen molar-refractivity contribution in [3.05, 3.63) is 46.6 Å². The molecule has 0 saturated heterocycles. The third-order valence-corrected chi connectivity index (χ3v) is 3.75. The van der Waals surface area contributed by atoms with Gasteiger partial charge in [0.15, 0.2) is 0 Å². The first-order valence-electron chi connectivity index (χ1n) is 7.50. The second-order valence-electron chi connectivity index (χ2n) is 5.77. The van der Waals surface area contributed by atoms with E-state index >= 15 is 0 Å². The Balaban J connectivity index is 2.02. The predicted octanol–water partition coefficient (Wildman–Crippen LogP) is 3.19. The van der Waals surface area contributed by atoms with Crippen molar-refractivity contribution in [2.45, 2.75) is 39.5 Å². The van der Waals surface area contributed by atoms with Crippen molar-refractivity contribution >= 4 is 17.6 Å². The molecule has 1 aromatic carbocycles. The molecule has 6 nitrogen and oxygen atoms in total. The van der Waals surface area contributed by atoms with E-state index in [-0.39, 0.29) is 29.5 Å². The molecule has 1 amide bonds. The zero-order valence-electron chi connectivity index (χ0n) is 13.7. The summed E-state index contributed by atoms with van der Waals surface area (Å²) in [5, 5.41) is 15.2. The van der Waals surface area contributed by atoms with Gasteiger partial charge in [0, 0.05) is 17.7 Å². The first-order valence-corrected chi connectivity index (χ1v) is 7.50. The number of hydrogen-bond donors (Lipinski definition) is 2. The monoisotopic (exact) mass is 334 g/mol. The van der Waals surface area contributed by atoms with Crippen LogP contribution in [-0.4, -0.2) is 22.1 Å². The van der Waals surface area contributed by atoms with Gasteiger partial charge < -0.3 is 14.9 Å². The minimum atomic E-state index is -1.11. The number of carboxylic acid groups (broad SMARTS) is 1. The Morgan fingerprint density at radius 1 is 1.38 bits per heavy atom. The molecule has 1 heterocycles. The molecule has 128 valence electrons. The maximum absolute atomic E-state index is 13.8. The lowest BCUT2D eigenvalue weighted by Gasteiger charge is -2.12. The van der Waals surface area contributed by atoms with E-state index in [4.69, 9.17) is 9.63 Å². The number of rotatable bonds is 6. The molecule has 0 spiro atoms. The summed E-state index contributed by atoms with van der Waals surface area (Å²) in [6.07, 6.45) is -0.204. The lowest BCUT2D eigenvalue weighted by molar-refractivity contribution is -0.136. The van der Waals surface area contributed by atoms with E-state index in [2.05, 4.69) is 10.5 Å². The maximum Gasteiger partial charge on any atom is 0.307 e. The molecule has 24 heavy (non-hydrogen) atoms. The fourth-order valence-corrected chi connectivity index (χ4v) is 2.72. The van der Waals surface area contributed by atoms with Gasteiger partial charge in [-0.05, 0) is 37.5 Å². The van der Waals surface area contributed by atoms with Gasteiger partial charge in [-0.15, -0.1) is 0 Å². The second kappa shape index (κ2) is 7.25. The Bertz CT molecular complexity index is 750. The number of aryl methyl sites for hydroxylation is 2. The summed E-state index contributed by atoms with van der Waals surface area (Å²) >= 11 is 0. The van der Waals surface area contributed by atoms with E-state index in [1.807, 2.05) is 13.8 Å². The molecule has 0 aliphatic heterocycles. The van der Waals surface area contributed by atoms with Gasteiger partial charge in [0.2, 0.25) is 5.91 Å². The molecule has 7 heteroatoms. The number of carbonyl (C=O) groups is 2. The molecule has 0 radical (unpaired) electrons. The number of aliphatic carboxylic acids is 1. The van der Waals surface area contributed by atoms with E-state index in [9.17, 15) is 14.0 Å². The van der Waals surface area contributed by atoms with Gasteiger partial charge in [-0.1, -0.05) is 18.1 Å². The normalized spacial score (nSPS) is 12.0. The summed E-state index contributed by atoms with van der Waals surface area (Å²) in [5.74, 6) is -1.45. The van der Waals surface area contributed by atoms with Crippen molar-refractivity contribution in [2.75, 3.05) is 5.32 Å². The van der Waals surface area contributed by atoms with Gasteiger partial charge in [-0.25, -0.2) is 4.39 Å². The predicted molar refractivity (Wildman–Crippen MR) is 85.4 cm³/mol. The van der Waals surface area contributed by atoms with E-state index in [0.29, 0.717) is 5.76 Å². The molecule has 0 saturated carbocycles. The molecule has 2 aromatic rings. The Kier molecular flexibility index (Phi) is 5.33. The van der Waals surface area contributed by atoms with Crippen LogP contribution in [0.15, 0.2) is 22.7 Å². The zero-order chi connectivity index (χ0) is 17.9. The number of carbonyl (C=O) groups excluding carboxylic acids is 1. The Labute approximate surface area is 138 Å². The SMILES string of the molecule is Cc1noc(C)c1C(C)CC(=O)Nc1ccc(CC(=O)O)c(F)c1. The maximum atomic E-state index is 13.8. The number of nitrogens with zero attached hydrogens (tertiary/aromatic N) is 1. The molecular weight excluding hydrogens is 315 g/mol. The summed E-state index contributed by atoms with van der Waals surface area (Å²) < 4.78 is 18.9. The number of anilines is 1. The van der Waals surface area contributed by atoms with Crippen LogP contribution < -0.4 is 5.32 Å². The first kappa shape index (κ1) is 17.7. The third-order valence-electron chi connectivity index (χ3n) is 3.75. The Morgan fingerprint density at radius 2 is 2.08 bits per heavy atom. The third kappa shape index (κ3) is 4.18. The molecule has 0 aliphatic carbocycles. The van der Waals surface area contributed by atoms with Crippen LogP contribution in [0.2, 0.25) is 0 Å². The average Bonchev–Trinajstić information content (AvgIpc) is 2.80. The quantitative estimate of drug-likeness (QED) is 0.846. The van der Waals surface area contributed by atoms with Crippen LogP contribution in [0.3, 0.4) is 0 Å². The topological polar surface area (TPSA) is 92.4 Å². The molecule has 0 aliphatic rings. The number of halogens is 1. The first-order chi connectivity index (χ1) is 11.3. The summed E-state index contributed by atoms with van der Waals surface area (Å²) in [5.41, 5.74) is 2.01. The van der Waals surface area contributed by atoms with Gasteiger partial charge in [0.25, 0.3) is 0 Å². The molecular formula is C17H19FN2O4. The highest BCUT2D eigenvalue weighted by Crippen LogP contribution is 2.26. The largest absolute Gasteiger partial charge is 0.481 e. The van der Waals surface area contributed by atoms with Gasteiger partial charge >= 0.3 is 5.97 Å². The molecule has 1 unspecified atom stereocenters. The molecule has 2 N–H and O–H groups in total. The van der Waals surface area contributed by atoms with Crippen molar-refractivity contribution in [1.82, 2.24) is 5.16 Å². The minimum absolute atomic E-state index is 0.0737. The van der Waals surface area contributed by atoms with Gasteiger partial charge in [-0.3, -0.25) is 9.59 Å². The Hall–Kier alpha value is -2.70. The van der Waals surface area contributed by atoms with E-state index in [1.54, 1.807) is 6.92 Å². The average molecular weight is 334 g/mol. The second-order valence-corrected chi connectivity index (χ2v) is 5.77. The van der Waals surface area contributed by atoms with Gasteiger partial charge in [-0.2, -0.15) is 0 Å². The van der Waals surface area contributed by atoms with Gasteiger partial charge in [0.1, 0.15) is 11.6 Å². The zero-order valence-corrected chi connectivity index (χ0v) is 13.7. The molecule has 0 fully saturated rings. The van der Waals surface area contributed by atoms with Crippen molar-refractivity contribution in [1.29, 1.82) is 0 Å². The lowest BCUT2D eigenvalue weighted by Crippen LogP contribution is -2.15. The van der Waals surface area contributed by atoms with Crippen LogP contribution in [0.1, 0.15) is 41.8 Å². The number of carboxylic acids is 1. The van der Waals surface area contributed by atoms with Crippen LogP contribution in [0, 0.1) is 19.7 Å². The summed E-state index contributed by atoms with van der Waals surface area (Å²) in [7, 11) is 0. The molecule has 2 rings (SSSR count). The lowest BCUT2D eigenvalue weighted by atomic mass is 9.96. The number of benzene rings is 1. The van der Waals surface area contributed by atoms with Crippen LogP contribution >= 0.6 is 0 Å². The van der Waals surface area contributed by atoms with E-state index in [1.165, 1.54) is 12.1 Å². The fourth-order valence-electron chi connectivity index (χ4n) is 2.72. The van der Waals surface area contributed by atoms with Gasteiger partial charge in [0.05, 0.1) is 12.1 Å². The van der Waals surface area contributed by atoms with Crippen molar-refractivity contribution in [3.8, 4) is 0 Å². The highest BCUT2D eigenvalue weighted by molar-refractivity contribution is 5.91. The van der Waals surface area contributed by atoms with Crippen LogP contribution in [-0.2, 0) is 16.0 Å². The molecule has 1 aromatic heterocycles. The summed E-state index contributed by atoms with van der Waals surface area (Å²) in [6, 6.07) is 3.97. The summed E-state index contributed by atoms with van der Waals surface area (Å²) in [4.78, 5) is 22.8. The number of amides is 1. The van der Waals surface area contributed by atoms with Crippen molar-refractivity contribution in [2.24, 2.45) is 0 Å². The smallest absolute Gasteiger partial charge is 0.307 e. The highest BCUT2D eigenvalue weighted by atomic mass is 19.1. The van der Waals surface area contributed by atoms with E-state index in [0.717, 1.165) is 17.3 Å². The van der Waals surface area contributed by atoms with E-state index < -0.39 is 18.2 Å². The standard InChI is InChI=1S/C17H19FN2O4/c1-9(17-10(2)20-24-11(17)3)6-15(21)19-13-5-4-12(7-16(22)23)14(18)8-13/h4-5,8-9H,6-7H2,1-3H3,(H,19,21)(H,22,23). The van der Waals surface area contributed by atoms with Crippen molar-refractivity contribution < 1.29 is 23.6 Å². The highest BCUT2D eigenvalue weighted by Gasteiger charge is 2.19. The molecule has 1 atom stereocenters. The van der Waals surface area contributed by atoms with Crippen LogP contribution in [0.5, 0.6) is 0 Å². The number of nitrogens with one attached hydrogen (secondary N) is 1.